The number of carbonyl (C=O) groups excluding carboxylic acids is 1. The average molecular weight is 438 g/mol. The maximum Gasteiger partial charge on any atom is 0.264 e. The minimum absolute atomic E-state index is 0.00438. The fourth-order valence-corrected chi connectivity index (χ4v) is 5.58. The molecule has 1 aliphatic heterocycles. The number of fused-ring (bicyclic) bond motifs is 1. The highest BCUT2D eigenvalue weighted by molar-refractivity contribution is 7.20. The van der Waals surface area contributed by atoms with Gasteiger partial charge in [-0.2, -0.15) is 0 Å². The van der Waals surface area contributed by atoms with Crippen molar-refractivity contribution in [2.45, 2.75) is 6.54 Å². The highest BCUT2D eigenvalue weighted by atomic mass is 32.1. The number of hydrogen-bond donors (Lipinski definition) is 0. The van der Waals surface area contributed by atoms with Crippen LogP contribution < -0.4 is 0 Å². The number of halogens is 1. The minimum Gasteiger partial charge on any atom is -0.335 e. The Labute approximate surface area is 182 Å². The molecule has 0 unspecified atom stereocenters. The molecule has 1 aliphatic rings. The van der Waals surface area contributed by atoms with E-state index >= 15 is 0 Å². The number of amides is 1. The molecule has 30 heavy (non-hydrogen) atoms. The molecule has 152 valence electrons. The van der Waals surface area contributed by atoms with Gasteiger partial charge in [-0.3, -0.25) is 9.69 Å². The molecule has 4 aromatic rings. The monoisotopic (exact) mass is 437 g/mol. The summed E-state index contributed by atoms with van der Waals surface area (Å²) in [6.07, 6.45) is 0. The smallest absolute Gasteiger partial charge is 0.264 e. The third kappa shape index (κ3) is 3.88. The number of rotatable bonds is 4. The number of nitrogens with zero attached hydrogens (tertiary/aromatic N) is 3. The number of thiazole rings is 1. The summed E-state index contributed by atoms with van der Waals surface area (Å²) in [5.41, 5.74) is 2.21. The van der Waals surface area contributed by atoms with Crippen LogP contribution in [0.15, 0.2) is 60.0 Å². The first-order valence-corrected chi connectivity index (χ1v) is 11.6. The fourth-order valence-electron chi connectivity index (χ4n) is 3.72. The lowest BCUT2D eigenvalue weighted by Gasteiger charge is -2.34. The van der Waals surface area contributed by atoms with E-state index in [1.54, 1.807) is 23.5 Å². The van der Waals surface area contributed by atoms with Crippen molar-refractivity contribution in [1.82, 2.24) is 14.8 Å². The van der Waals surface area contributed by atoms with Crippen molar-refractivity contribution in [3.63, 3.8) is 0 Å². The van der Waals surface area contributed by atoms with E-state index in [0.717, 1.165) is 40.6 Å². The Bertz CT molecular complexity index is 1180. The number of aromatic nitrogens is 1. The molecule has 2 aromatic carbocycles. The summed E-state index contributed by atoms with van der Waals surface area (Å²) in [4.78, 5) is 22.5. The van der Waals surface area contributed by atoms with Gasteiger partial charge in [-0.25, -0.2) is 9.37 Å². The van der Waals surface area contributed by atoms with E-state index in [9.17, 15) is 9.18 Å². The van der Waals surface area contributed by atoms with E-state index in [1.807, 2.05) is 29.2 Å². The third-order valence-electron chi connectivity index (χ3n) is 5.34. The van der Waals surface area contributed by atoms with Gasteiger partial charge in [-0.1, -0.05) is 36.4 Å². The van der Waals surface area contributed by atoms with Crippen LogP contribution in [0.4, 0.5) is 4.39 Å². The van der Waals surface area contributed by atoms with E-state index in [2.05, 4.69) is 22.4 Å². The topological polar surface area (TPSA) is 36.4 Å². The van der Waals surface area contributed by atoms with Gasteiger partial charge in [0.2, 0.25) is 0 Å². The predicted molar refractivity (Wildman–Crippen MR) is 121 cm³/mol. The normalized spacial score (nSPS) is 15.0. The largest absolute Gasteiger partial charge is 0.335 e. The molecule has 0 radical (unpaired) electrons. The summed E-state index contributed by atoms with van der Waals surface area (Å²) >= 11 is 3.03. The van der Waals surface area contributed by atoms with Gasteiger partial charge in [0.05, 0.1) is 10.6 Å². The third-order valence-corrected chi connectivity index (χ3v) is 7.37. The van der Waals surface area contributed by atoms with Gasteiger partial charge in [-0.05, 0) is 18.2 Å². The molecule has 7 heteroatoms. The SMILES string of the molecule is O=C(c1cc2c(F)cccc2s1)N1CCN(Cc2csc(-c3ccccc3)n2)CC1. The molecule has 3 heterocycles. The molecule has 0 spiro atoms. The predicted octanol–water partition coefficient (Wildman–Crippen LogP) is 5.12. The Hall–Kier alpha value is -2.61. The average Bonchev–Trinajstić information content (AvgIpc) is 3.42. The minimum atomic E-state index is -0.272. The summed E-state index contributed by atoms with van der Waals surface area (Å²) < 4.78 is 14.8. The number of piperazine rings is 1. The van der Waals surface area contributed by atoms with E-state index in [4.69, 9.17) is 4.98 Å². The second-order valence-corrected chi connectivity index (χ2v) is 9.28. The Morgan fingerprint density at radius 1 is 1.03 bits per heavy atom. The summed E-state index contributed by atoms with van der Waals surface area (Å²) in [7, 11) is 0. The second kappa shape index (κ2) is 8.26. The van der Waals surface area contributed by atoms with Crippen molar-refractivity contribution < 1.29 is 9.18 Å². The summed E-state index contributed by atoms with van der Waals surface area (Å²) in [6.45, 7) is 3.75. The van der Waals surface area contributed by atoms with Crippen LogP contribution in [-0.4, -0.2) is 46.9 Å². The number of benzene rings is 2. The molecule has 0 atom stereocenters. The van der Waals surface area contributed by atoms with Gasteiger partial charge in [-0.15, -0.1) is 22.7 Å². The molecule has 1 fully saturated rings. The van der Waals surface area contributed by atoms with Crippen molar-refractivity contribution in [2.75, 3.05) is 26.2 Å². The van der Waals surface area contributed by atoms with E-state index in [1.165, 1.54) is 17.4 Å². The van der Waals surface area contributed by atoms with Crippen LogP contribution >= 0.6 is 22.7 Å². The van der Waals surface area contributed by atoms with Gasteiger partial charge in [0.25, 0.3) is 5.91 Å². The maximum atomic E-state index is 13.9. The molecule has 4 nitrogen and oxygen atoms in total. The first kappa shape index (κ1) is 19.4. The van der Waals surface area contributed by atoms with Crippen LogP contribution in [0.5, 0.6) is 0 Å². The molecular weight excluding hydrogens is 417 g/mol. The number of thiophene rings is 1. The van der Waals surface area contributed by atoms with Crippen LogP contribution in [0.2, 0.25) is 0 Å². The molecule has 0 bridgehead atoms. The Morgan fingerprint density at radius 2 is 1.83 bits per heavy atom. The highest BCUT2D eigenvalue weighted by Gasteiger charge is 2.24. The zero-order valence-electron chi connectivity index (χ0n) is 16.3. The molecule has 2 aromatic heterocycles. The molecule has 1 saturated heterocycles. The molecule has 0 aliphatic carbocycles. The van der Waals surface area contributed by atoms with Crippen LogP contribution in [-0.2, 0) is 6.54 Å². The van der Waals surface area contributed by atoms with Gasteiger partial charge >= 0.3 is 0 Å². The first-order valence-electron chi connectivity index (χ1n) is 9.87. The van der Waals surface area contributed by atoms with Crippen LogP contribution in [0.1, 0.15) is 15.4 Å². The van der Waals surface area contributed by atoms with Gasteiger partial charge in [0, 0.05) is 53.8 Å². The summed E-state index contributed by atoms with van der Waals surface area (Å²) in [5, 5.41) is 3.68. The molecule has 1 amide bonds. The molecule has 5 rings (SSSR count). The lowest BCUT2D eigenvalue weighted by Crippen LogP contribution is -2.48. The highest BCUT2D eigenvalue weighted by Crippen LogP contribution is 2.29. The van der Waals surface area contributed by atoms with Crippen molar-refractivity contribution in [3.05, 3.63) is 76.4 Å². The van der Waals surface area contributed by atoms with E-state index < -0.39 is 0 Å². The molecule has 0 saturated carbocycles. The van der Waals surface area contributed by atoms with Crippen LogP contribution in [0, 0.1) is 5.82 Å². The second-order valence-electron chi connectivity index (χ2n) is 7.34. The van der Waals surface area contributed by atoms with Gasteiger partial charge in [0.1, 0.15) is 10.8 Å². The van der Waals surface area contributed by atoms with E-state index in [0.29, 0.717) is 23.4 Å². The van der Waals surface area contributed by atoms with Crippen molar-refractivity contribution in [3.8, 4) is 10.6 Å². The van der Waals surface area contributed by atoms with Crippen LogP contribution in [0.25, 0.3) is 20.7 Å². The summed E-state index contributed by atoms with van der Waals surface area (Å²) in [6, 6.07) is 16.9. The van der Waals surface area contributed by atoms with Crippen LogP contribution in [0.3, 0.4) is 0 Å². The van der Waals surface area contributed by atoms with Crippen molar-refractivity contribution in [1.29, 1.82) is 0 Å². The summed E-state index contributed by atoms with van der Waals surface area (Å²) in [5.74, 6) is -0.277. The standard InChI is InChI=1S/C23H20FN3OS2/c24-19-7-4-8-20-18(19)13-21(30-20)23(28)27-11-9-26(10-12-27)14-17-15-29-22(25-17)16-5-2-1-3-6-16/h1-8,13,15H,9-12,14H2. The maximum absolute atomic E-state index is 13.9. The molecular formula is C23H20FN3OS2. The quantitative estimate of drug-likeness (QED) is 0.445. The van der Waals surface area contributed by atoms with Gasteiger partial charge in [0.15, 0.2) is 0 Å². The fraction of sp³-hybridized carbons (Fsp3) is 0.217. The Morgan fingerprint density at radius 3 is 2.60 bits per heavy atom. The molecule has 0 N–H and O–H groups in total. The number of hydrogen-bond acceptors (Lipinski definition) is 5. The zero-order valence-corrected chi connectivity index (χ0v) is 17.9. The number of carbonyl (C=O) groups is 1. The Kier molecular flexibility index (Phi) is 5.33. The van der Waals surface area contributed by atoms with E-state index in [-0.39, 0.29) is 11.7 Å². The van der Waals surface area contributed by atoms with Gasteiger partial charge < -0.3 is 4.90 Å². The Balaban J connectivity index is 1.20. The lowest BCUT2D eigenvalue weighted by atomic mass is 10.2. The zero-order chi connectivity index (χ0) is 20.5. The van der Waals surface area contributed by atoms with Crippen molar-refractivity contribution in [2.24, 2.45) is 0 Å². The first-order chi connectivity index (χ1) is 14.7. The van der Waals surface area contributed by atoms with Crippen molar-refractivity contribution >= 4 is 38.7 Å². The lowest BCUT2D eigenvalue weighted by molar-refractivity contribution is 0.0632.